The van der Waals surface area contributed by atoms with Gasteiger partial charge in [0.2, 0.25) is 0 Å². The van der Waals surface area contributed by atoms with Crippen LogP contribution >= 0.6 is 40.7 Å². The highest BCUT2D eigenvalue weighted by atomic mass is 79.9. The summed E-state index contributed by atoms with van der Waals surface area (Å²) in [6.07, 6.45) is 3.77. The van der Waals surface area contributed by atoms with Crippen LogP contribution in [-0.2, 0) is 0 Å². The van der Waals surface area contributed by atoms with Crippen LogP contribution in [0.15, 0.2) is 16.6 Å². The van der Waals surface area contributed by atoms with Crippen molar-refractivity contribution in [1.29, 1.82) is 0 Å². The second-order valence-corrected chi connectivity index (χ2v) is 6.85. The van der Waals surface area contributed by atoms with E-state index in [1.54, 1.807) is 7.11 Å². The van der Waals surface area contributed by atoms with Gasteiger partial charge in [-0.2, -0.15) is 0 Å². The van der Waals surface area contributed by atoms with Gasteiger partial charge >= 0.3 is 0 Å². The fourth-order valence-corrected chi connectivity index (χ4v) is 3.74. The number of hydrogen-bond acceptors (Lipinski definition) is 4. The molecule has 1 aliphatic heterocycles. The first kappa shape index (κ1) is 20.8. The van der Waals surface area contributed by atoms with Gasteiger partial charge in [0.15, 0.2) is 11.5 Å². The molecule has 1 aromatic carbocycles. The molecule has 1 saturated heterocycles. The number of piperazine rings is 1. The van der Waals surface area contributed by atoms with E-state index in [1.807, 2.05) is 12.1 Å². The maximum absolute atomic E-state index is 10.6. The quantitative estimate of drug-likeness (QED) is 0.750. The first-order chi connectivity index (χ1) is 10.2. The lowest BCUT2D eigenvalue weighted by Crippen LogP contribution is -2.45. The summed E-state index contributed by atoms with van der Waals surface area (Å²) in [7, 11) is 1.60. The maximum Gasteiger partial charge on any atom is 0.163 e. The van der Waals surface area contributed by atoms with E-state index in [9.17, 15) is 5.11 Å². The smallest absolute Gasteiger partial charge is 0.163 e. The van der Waals surface area contributed by atoms with Gasteiger partial charge in [-0.15, -0.1) is 24.8 Å². The summed E-state index contributed by atoms with van der Waals surface area (Å²) in [6.45, 7) is 4.09. The molecule has 1 aliphatic carbocycles. The zero-order chi connectivity index (χ0) is 14.8. The fraction of sp³-hybridized carbons (Fsp3) is 0.625. The molecule has 1 saturated carbocycles. The molecule has 23 heavy (non-hydrogen) atoms. The second-order valence-electron chi connectivity index (χ2n) is 5.99. The van der Waals surface area contributed by atoms with Crippen molar-refractivity contribution < 1.29 is 9.84 Å². The SMILES string of the molecule is COc1ccc(Br)c([C@H](CC2CC2)N2CCNCC2)c1O.Cl.Cl. The minimum atomic E-state index is 0. The number of benzene rings is 1. The van der Waals surface area contributed by atoms with E-state index >= 15 is 0 Å². The lowest BCUT2D eigenvalue weighted by Gasteiger charge is -2.36. The Balaban J connectivity index is 0.00000132. The van der Waals surface area contributed by atoms with Crippen molar-refractivity contribution in [3.63, 3.8) is 0 Å². The van der Waals surface area contributed by atoms with Crippen LogP contribution in [0.2, 0.25) is 0 Å². The molecule has 0 bridgehead atoms. The van der Waals surface area contributed by atoms with Crippen molar-refractivity contribution in [2.24, 2.45) is 5.92 Å². The number of phenolic OH excluding ortho intramolecular Hbond substituents is 1. The number of nitrogens with zero attached hydrogens (tertiary/aromatic N) is 1. The highest BCUT2D eigenvalue weighted by Gasteiger charge is 2.33. The molecule has 1 atom stereocenters. The van der Waals surface area contributed by atoms with Gasteiger partial charge in [0.1, 0.15) is 0 Å². The number of ether oxygens (including phenoxy) is 1. The Kier molecular flexibility index (Phi) is 8.45. The average molecular weight is 428 g/mol. The Morgan fingerprint density at radius 1 is 1.30 bits per heavy atom. The number of nitrogens with one attached hydrogen (secondary N) is 1. The summed E-state index contributed by atoms with van der Waals surface area (Å²) < 4.78 is 6.27. The van der Waals surface area contributed by atoms with Gasteiger partial charge in [-0.1, -0.05) is 28.8 Å². The van der Waals surface area contributed by atoms with Gasteiger partial charge in [-0.3, -0.25) is 4.90 Å². The molecule has 132 valence electrons. The average Bonchev–Trinajstić information content (AvgIpc) is 3.31. The highest BCUT2D eigenvalue weighted by Crippen LogP contribution is 2.47. The van der Waals surface area contributed by atoms with Crippen molar-refractivity contribution in [3.05, 3.63) is 22.2 Å². The van der Waals surface area contributed by atoms with Gasteiger partial charge in [-0.05, 0) is 24.5 Å². The zero-order valence-corrected chi connectivity index (χ0v) is 16.5. The molecule has 1 heterocycles. The third kappa shape index (κ3) is 4.89. The third-order valence-corrected chi connectivity index (χ3v) is 5.22. The predicted octanol–water partition coefficient (Wildman–Crippen LogP) is 3.75. The van der Waals surface area contributed by atoms with Crippen molar-refractivity contribution >= 4 is 40.7 Å². The van der Waals surface area contributed by atoms with Gasteiger partial charge in [0, 0.05) is 42.3 Å². The first-order valence-corrected chi connectivity index (χ1v) is 8.50. The largest absolute Gasteiger partial charge is 0.504 e. The minimum absolute atomic E-state index is 0. The lowest BCUT2D eigenvalue weighted by molar-refractivity contribution is 0.157. The molecule has 0 amide bonds. The van der Waals surface area contributed by atoms with Crippen LogP contribution in [0.25, 0.3) is 0 Å². The minimum Gasteiger partial charge on any atom is -0.504 e. The van der Waals surface area contributed by atoms with E-state index in [2.05, 4.69) is 26.1 Å². The van der Waals surface area contributed by atoms with Gasteiger partial charge in [-0.25, -0.2) is 0 Å². The molecule has 2 N–H and O–H groups in total. The van der Waals surface area contributed by atoms with E-state index in [4.69, 9.17) is 4.74 Å². The van der Waals surface area contributed by atoms with Crippen LogP contribution in [0.1, 0.15) is 30.9 Å². The van der Waals surface area contributed by atoms with Crippen molar-refractivity contribution in [1.82, 2.24) is 10.2 Å². The third-order valence-electron chi connectivity index (χ3n) is 4.53. The first-order valence-electron chi connectivity index (χ1n) is 7.71. The Labute approximate surface area is 158 Å². The number of aromatic hydroxyl groups is 1. The Bertz CT molecular complexity index is 509. The van der Waals surface area contributed by atoms with E-state index in [1.165, 1.54) is 12.8 Å². The van der Waals surface area contributed by atoms with Crippen LogP contribution < -0.4 is 10.1 Å². The summed E-state index contributed by atoms with van der Waals surface area (Å²) in [5.41, 5.74) is 0.989. The topological polar surface area (TPSA) is 44.7 Å². The normalized spacial score (nSPS) is 19.4. The molecule has 2 fully saturated rings. The molecule has 1 aromatic rings. The summed E-state index contributed by atoms with van der Waals surface area (Å²) in [6, 6.07) is 4.06. The molecule has 0 unspecified atom stereocenters. The van der Waals surface area contributed by atoms with E-state index < -0.39 is 0 Å². The van der Waals surface area contributed by atoms with Crippen LogP contribution in [0.3, 0.4) is 0 Å². The van der Waals surface area contributed by atoms with Crippen LogP contribution in [0.4, 0.5) is 0 Å². The van der Waals surface area contributed by atoms with Crippen LogP contribution in [0.5, 0.6) is 11.5 Å². The summed E-state index contributed by atoms with van der Waals surface area (Å²) >= 11 is 3.63. The molecular weight excluding hydrogens is 403 g/mol. The molecule has 7 heteroatoms. The van der Waals surface area contributed by atoms with Crippen molar-refractivity contribution in [2.75, 3.05) is 33.3 Å². The van der Waals surface area contributed by atoms with Gasteiger partial charge < -0.3 is 15.2 Å². The lowest BCUT2D eigenvalue weighted by atomic mass is 9.97. The van der Waals surface area contributed by atoms with Crippen molar-refractivity contribution in [2.45, 2.75) is 25.3 Å². The molecule has 0 aromatic heterocycles. The molecular formula is C16H25BrCl2N2O2. The molecule has 3 rings (SSSR count). The fourth-order valence-electron chi connectivity index (χ4n) is 3.16. The van der Waals surface area contributed by atoms with E-state index in [0.29, 0.717) is 5.75 Å². The van der Waals surface area contributed by atoms with Gasteiger partial charge in [0.05, 0.1) is 7.11 Å². The highest BCUT2D eigenvalue weighted by molar-refractivity contribution is 9.10. The summed E-state index contributed by atoms with van der Waals surface area (Å²) in [4.78, 5) is 2.49. The number of halogens is 3. The summed E-state index contributed by atoms with van der Waals surface area (Å²) in [5, 5.41) is 14.0. The Morgan fingerprint density at radius 3 is 2.52 bits per heavy atom. The Morgan fingerprint density at radius 2 is 1.96 bits per heavy atom. The number of rotatable bonds is 5. The molecule has 2 aliphatic rings. The van der Waals surface area contributed by atoms with Gasteiger partial charge in [0.25, 0.3) is 0 Å². The van der Waals surface area contributed by atoms with Crippen molar-refractivity contribution in [3.8, 4) is 11.5 Å². The maximum atomic E-state index is 10.6. The summed E-state index contributed by atoms with van der Waals surface area (Å²) in [5.74, 6) is 1.66. The second kappa shape index (κ2) is 9.33. The van der Waals surface area contributed by atoms with E-state index in [0.717, 1.165) is 48.6 Å². The number of phenols is 1. The molecule has 0 radical (unpaired) electrons. The predicted molar refractivity (Wildman–Crippen MR) is 101 cm³/mol. The number of hydrogen-bond donors (Lipinski definition) is 2. The Hall–Kier alpha value is -0.200. The molecule has 4 nitrogen and oxygen atoms in total. The zero-order valence-electron chi connectivity index (χ0n) is 13.3. The van der Waals surface area contributed by atoms with Crippen LogP contribution in [0, 0.1) is 5.92 Å². The van der Waals surface area contributed by atoms with E-state index in [-0.39, 0.29) is 36.6 Å². The number of methoxy groups -OCH3 is 1. The standard InChI is InChI=1S/C16H23BrN2O2.2ClH/c1-21-14-5-4-12(17)15(16(14)20)13(10-11-2-3-11)19-8-6-18-7-9-19;;/h4-5,11,13,18,20H,2-3,6-10H2,1H3;2*1H/t13-;;/m0../s1. The van der Waals surface area contributed by atoms with Crippen LogP contribution in [-0.4, -0.2) is 43.3 Å². The monoisotopic (exact) mass is 426 g/mol. The molecule has 0 spiro atoms.